The van der Waals surface area contributed by atoms with Crippen LogP contribution in [0.4, 0.5) is 0 Å². The largest absolute Gasteiger partial charge is 0.330 e. The number of benzene rings is 1. The topological polar surface area (TPSA) is 56.2 Å². The SMILES string of the molecule is Cc1nn2cccnc2c1-c1ccc(CCN)cc1. The Morgan fingerprint density at radius 3 is 2.74 bits per heavy atom. The molecule has 0 amide bonds. The van der Waals surface area contributed by atoms with E-state index in [2.05, 4.69) is 34.3 Å². The molecule has 96 valence electrons. The van der Waals surface area contributed by atoms with Crippen LogP contribution in [0.25, 0.3) is 16.8 Å². The molecule has 0 radical (unpaired) electrons. The zero-order chi connectivity index (χ0) is 13.2. The Bertz CT molecular complexity index is 698. The van der Waals surface area contributed by atoms with Crippen LogP contribution in [0.15, 0.2) is 42.7 Å². The van der Waals surface area contributed by atoms with Crippen molar-refractivity contribution in [2.75, 3.05) is 6.54 Å². The second kappa shape index (κ2) is 4.82. The minimum absolute atomic E-state index is 0.677. The average Bonchev–Trinajstić information content (AvgIpc) is 2.76. The number of hydrogen-bond acceptors (Lipinski definition) is 3. The second-order valence-corrected chi connectivity index (χ2v) is 4.58. The molecule has 2 N–H and O–H groups in total. The predicted octanol–water partition coefficient (Wildman–Crippen LogP) is 2.21. The maximum absolute atomic E-state index is 5.57. The van der Waals surface area contributed by atoms with Crippen molar-refractivity contribution in [3.05, 3.63) is 54.0 Å². The van der Waals surface area contributed by atoms with E-state index in [0.717, 1.165) is 28.9 Å². The maximum atomic E-state index is 5.57. The van der Waals surface area contributed by atoms with E-state index in [1.807, 2.05) is 23.7 Å². The van der Waals surface area contributed by atoms with Crippen LogP contribution in [0.2, 0.25) is 0 Å². The van der Waals surface area contributed by atoms with Gasteiger partial charge in [0.2, 0.25) is 0 Å². The van der Waals surface area contributed by atoms with Gasteiger partial charge in [0.1, 0.15) is 0 Å². The minimum Gasteiger partial charge on any atom is -0.330 e. The minimum atomic E-state index is 0.677. The van der Waals surface area contributed by atoms with Gasteiger partial charge in [0.25, 0.3) is 0 Å². The van der Waals surface area contributed by atoms with Gasteiger partial charge in [0, 0.05) is 18.0 Å². The molecule has 0 atom stereocenters. The Labute approximate surface area is 111 Å². The Kier molecular flexibility index (Phi) is 3.01. The van der Waals surface area contributed by atoms with Gasteiger partial charge in [-0.1, -0.05) is 24.3 Å². The first kappa shape index (κ1) is 11.9. The standard InChI is InChI=1S/C15H16N4/c1-11-14(15-17-9-2-10-19(15)18-11)13-5-3-12(4-6-13)7-8-16/h2-6,9-10H,7-8,16H2,1H3. The third-order valence-corrected chi connectivity index (χ3v) is 3.25. The van der Waals surface area contributed by atoms with E-state index in [1.54, 1.807) is 6.20 Å². The fourth-order valence-electron chi connectivity index (χ4n) is 2.34. The lowest BCUT2D eigenvalue weighted by molar-refractivity contribution is 0.917. The smallest absolute Gasteiger partial charge is 0.163 e. The van der Waals surface area contributed by atoms with E-state index < -0.39 is 0 Å². The van der Waals surface area contributed by atoms with Gasteiger partial charge in [0.05, 0.1) is 5.69 Å². The van der Waals surface area contributed by atoms with Crippen LogP contribution >= 0.6 is 0 Å². The van der Waals surface area contributed by atoms with Gasteiger partial charge in [-0.05, 0) is 37.1 Å². The van der Waals surface area contributed by atoms with Gasteiger partial charge in [-0.25, -0.2) is 9.50 Å². The summed E-state index contributed by atoms with van der Waals surface area (Å²) in [5.74, 6) is 0. The van der Waals surface area contributed by atoms with Crippen molar-refractivity contribution in [2.24, 2.45) is 5.73 Å². The van der Waals surface area contributed by atoms with E-state index in [9.17, 15) is 0 Å². The quantitative estimate of drug-likeness (QED) is 0.777. The Balaban J connectivity index is 2.10. The summed E-state index contributed by atoms with van der Waals surface area (Å²) in [6.45, 7) is 2.69. The summed E-state index contributed by atoms with van der Waals surface area (Å²) in [6.07, 6.45) is 4.62. The molecule has 0 spiro atoms. The molecule has 0 saturated carbocycles. The maximum Gasteiger partial charge on any atom is 0.163 e. The van der Waals surface area contributed by atoms with Crippen molar-refractivity contribution in [2.45, 2.75) is 13.3 Å². The van der Waals surface area contributed by atoms with Gasteiger partial charge < -0.3 is 5.73 Å². The molecule has 0 bridgehead atoms. The van der Waals surface area contributed by atoms with Crippen LogP contribution in [0.5, 0.6) is 0 Å². The Hall–Kier alpha value is -2.20. The number of fused-ring (bicyclic) bond motifs is 1. The number of nitrogens with zero attached hydrogens (tertiary/aromatic N) is 3. The molecule has 3 rings (SSSR count). The van der Waals surface area contributed by atoms with Crippen molar-refractivity contribution in [1.82, 2.24) is 14.6 Å². The highest BCUT2D eigenvalue weighted by atomic mass is 15.2. The summed E-state index contributed by atoms with van der Waals surface area (Å²) in [7, 11) is 0. The highest BCUT2D eigenvalue weighted by molar-refractivity contribution is 5.79. The Morgan fingerprint density at radius 2 is 2.00 bits per heavy atom. The molecular weight excluding hydrogens is 236 g/mol. The molecule has 1 aromatic carbocycles. The number of aromatic nitrogens is 3. The van der Waals surface area contributed by atoms with Crippen molar-refractivity contribution in [1.29, 1.82) is 0 Å². The Morgan fingerprint density at radius 1 is 1.21 bits per heavy atom. The summed E-state index contributed by atoms with van der Waals surface area (Å²) < 4.78 is 1.82. The summed E-state index contributed by atoms with van der Waals surface area (Å²) in [5.41, 5.74) is 11.0. The summed E-state index contributed by atoms with van der Waals surface area (Å²) in [4.78, 5) is 4.42. The first-order valence-corrected chi connectivity index (χ1v) is 6.39. The van der Waals surface area contributed by atoms with Crippen molar-refractivity contribution in [3.63, 3.8) is 0 Å². The molecule has 2 aromatic heterocycles. The molecule has 0 aliphatic carbocycles. The van der Waals surface area contributed by atoms with Crippen LogP contribution in [0.1, 0.15) is 11.3 Å². The molecule has 4 heteroatoms. The predicted molar refractivity (Wildman–Crippen MR) is 75.9 cm³/mol. The van der Waals surface area contributed by atoms with E-state index in [1.165, 1.54) is 5.56 Å². The second-order valence-electron chi connectivity index (χ2n) is 4.58. The lowest BCUT2D eigenvalue weighted by Gasteiger charge is -2.03. The van der Waals surface area contributed by atoms with Crippen LogP contribution in [0.3, 0.4) is 0 Å². The first-order valence-electron chi connectivity index (χ1n) is 6.39. The molecule has 19 heavy (non-hydrogen) atoms. The number of hydrogen-bond donors (Lipinski definition) is 1. The normalized spacial score (nSPS) is 11.1. The third kappa shape index (κ3) is 2.11. The number of rotatable bonds is 3. The van der Waals surface area contributed by atoms with Gasteiger partial charge in [-0.15, -0.1) is 0 Å². The molecule has 0 saturated heterocycles. The molecule has 0 aliphatic rings. The molecule has 0 fully saturated rings. The van der Waals surface area contributed by atoms with Gasteiger partial charge in [0.15, 0.2) is 5.65 Å². The number of aryl methyl sites for hydroxylation is 1. The highest BCUT2D eigenvalue weighted by Crippen LogP contribution is 2.26. The lowest BCUT2D eigenvalue weighted by atomic mass is 10.0. The summed E-state index contributed by atoms with van der Waals surface area (Å²) in [6, 6.07) is 10.4. The van der Waals surface area contributed by atoms with Crippen LogP contribution < -0.4 is 5.73 Å². The van der Waals surface area contributed by atoms with Crippen LogP contribution in [-0.4, -0.2) is 21.1 Å². The fourth-order valence-corrected chi connectivity index (χ4v) is 2.34. The fraction of sp³-hybridized carbons (Fsp3) is 0.200. The monoisotopic (exact) mass is 252 g/mol. The van der Waals surface area contributed by atoms with Crippen LogP contribution in [-0.2, 0) is 6.42 Å². The summed E-state index contributed by atoms with van der Waals surface area (Å²) in [5, 5.41) is 4.48. The molecule has 3 aromatic rings. The van der Waals surface area contributed by atoms with Crippen molar-refractivity contribution < 1.29 is 0 Å². The molecule has 0 unspecified atom stereocenters. The van der Waals surface area contributed by atoms with Crippen molar-refractivity contribution >= 4 is 5.65 Å². The number of nitrogens with two attached hydrogens (primary N) is 1. The highest BCUT2D eigenvalue weighted by Gasteiger charge is 2.11. The van der Waals surface area contributed by atoms with E-state index in [4.69, 9.17) is 5.73 Å². The van der Waals surface area contributed by atoms with Gasteiger partial charge in [-0.2, -0.15) is 5.10 Å². The van der Waals surface area contributed by atoms with Gasteiger partial charge in [-0.3, -0.25) is 0 Å². The molecule has 0 aliphatic heterocycles. The van der Waals surface area contributed by atoms with Crippen molar-refractivity contribution in [3.8, 4) is 11.1 Å². The average molecular weight is 252 g/mol. The molecule has 2 heterocycles. The third-order valence-electron chi connectivity index (χ3n) is 3.25. The first-order chi connectivity index (χ1) is 9.29. The van der Waals surface area contributed by atoms with E-state index in [0.29, 0.717) is 6.54 Å². The zero-order valence-corrected chi connectivity index (χ0v) is 10.9. The zero-order valence-electron chi connectivity index (χ0n) is 10.9. The van der Waals surface area contributed by atoms with Gasteiger partial charge >= 0.3 is 0 Å². The van der Waals surface area contributed by atoms with E-state index in [-0.39, 0.29) is 0 Å². The molecule has 4 nitrogen and oxygen atoms in total. The summed E-state index contributed by atoms with van der Waals surface area (Å²) >= 11 is 0. The lowest BCUT2D eigenvalue weighted by Crippen LogP contribution is -2.02. The van der Waals surface area contributed by atoms with Crippen LogP contribution in [0, 0.1) is 6.92 Å². The molecular formula is C15H16N4. The van der Waals surface area contributed by atoms with E-state index >= 15 is 0 Å².